The van der Waals surface area contributed by atoms with Crippen molar-refractivity contribution in [2.45, 2.75) is 31.7 Å². The molecule has 0 saturated heterocycles. The summed E-state index contributed by atoms with van der Waals surface area (Å²) in [5.41, 5.74) is 6.51. The first kappa shape index (κ1) is 23.0. The van der Waals surface area contributed by atoms with Crippen molar-refractivity contribution in [3.63, 3.8) is 0 Å². The molecule has 1 amide bonds. The fourth-order valence-electron chi connectivity index (χ4n) is 2.70. The topological polar surface area (TPSA) is 146 Å². The second-order valence-corrected chi connectivity index (χ2v) is 7.25. The molecule has 9 heteroatoms. The number of hydrogen-bond acceptors (Lipinski definition) is 4. The number of nitrogens with one attached hydrogen (secondary N) is 1. The number of nitrogens with zero attached hydrogens (tertiary/aromatic N) is 1. The summed E-state index contributed by atoms with van der Waals surface area (Å²) in [4.78, 5) is 38.4. The Morgan fingerprint density at radius 2 is 1.70 bits per heavy atom. The Kier molecular flexibility index (Phi) is 8.75. The van der Waals surface area contributed by atoms with Crippen LogP contribution in [0.25, 0.3) is 0 Å². The van der Waals surface area contributed by atoms with E-state index in [-0.39, 0.29) is 5.91 Å². The first-order chi connectivity index (χ1) is 12.6. The van der Waals surface area contributed by atoms with E-state index in [1.54, 1.807) is 6.20 Å². The van der Waals surface area contributed by atoms with Crippen LogP contribution >= 0.6 is 7.82 Å². The van der Waals surface area contributed by atoms with Crippen molar-refractivity contribution in [1.82, 2.24) is 10.3 Å². The zero-order valence-corrected chi connectivity index (χ0v) is 16.2. The maximum Gasteiger partial charge on any atom is 0.466 e. The summed E-state index contributed by atoms with van der Waals surface area (Å²) in [6.07, 6.45) is 2.27. The highest BCUT2D eigenvalue weighted by Crippen LogP contribution is 2.34. The van der Waals surface area contributed by atoms with Gasteiger partial charge in [-0.25, -0.2) is 4.57 Å². The summed E-state index contributed by atoms with van der Waals surface area (Å²) in [5, 5.41) is 3.36. The molecular weight excluding hydrogens is 369 g/mol. The number of carbonyl (C=O) groups is 1. The Hall–Kier alpha value is -2.09. The molecule has 0 aliphatic carbocycles. The van der Waals surface area contributed by atoms with E-state index in [9.17, 15) is 4.79 Å². The van der Waals surface area contributed by atoms with Gasteiger partial charge in [0, 0.05) is 12.2 Å². The number of aromatic nitrogens is 1. The van der Waals surface area contributed by atoms with Crippen LogP contribution in [0, 0.1) is 0 Å². The summed E-state index contributed by atoms with van der Waals surface area (Å²) >= 11 is 0. The third kappa shape index (κ3) is 7.58. The number of carbonyl (C=O) groups excluding carboxylic acids is 1. The lowest BCUT2D eigenvalue weighted by Gasteiger charge is -2.31. The molecule has 1 aromatic carbocycles. The summed E-state index contributed by atoms with van der Waals surface area (Å²) in [7, 11) is -4.64. The molecule has 8 nitrogen and oxygen atoms in total. The molecule has 1 aromatic heterocycles. The predicted molar refractivity (Wildman–Crippen MR) is 103 cm³/mol. The minimum atomic E-state index is -4.64. The highest BCUT2D eigenvalue weighted by Gasteiger charge is 2.41. The quantitative estimate of drug-likeness (QED) is 0.444. The van der Waals surface area contributed by atoms with Gasteiger partial charge >= 0.3 is 7.82 Å². The monoisotopic (exact) mass is 395 g/mol. The predicted octanol–water partition coefficient (Wildman–Crippen LogP) is 1.31. The summed E-state index contributed by atoms with van der Waals surface area (Å²) in [6.45, 7) is 4.84. The van der Waals surface area contributed by atoms with Crippen molar-refractivity contribution < 1.29 is 24.0 Å². The van der Waals surface area contributed by atoms with Crippen molar-refractivity contribution in [2.75, 3.05) is 6.54 Å². The number of amides is 1. The molecule has 0 saturated carbocycles. The molecule has 148 valence electrons. The fraction of sp³-hybridized carbons (Fsp3) is 0.333. The van der Waals surface area contributed by atoms with E-state index < -0.39 is 13.2 Å². The van der Waals surface area contributed by atoms with Crippen LogP contribution < -0.4 is 11.1 Å². The molecule has 0 aliphatic heterocycles. The van der Waals surface area contributed by atoms with Gasteiger partial charge in [-0.3, -0.25) is 9.78 Å². The van der Waals surface area contributed by atoms with Crippen LogP contribution in [-0.2, 0) is 14.8 Å². The van der Waals surface area contributed by atoms with E-state index in [1.807, 2.05) is 48.5 Å². The third-order valence-electron chi connectivity index (χ3n) is 3.84. The molecule has 1 heterocycles. The Morgan fingerprint density at radius 1 is 1.15 bits per heavy atom. The van der Waals surface area contributed by atoms with Crippen LogP contribution in [0.15, 0.2) is 54.7 Å². The molecular formula is C18H26N3O5P. The van der Waals surface area contributed by atoms with Gasteiger partial charge < -0.3 is 25.7 Å². The molecule has 6 N–H and O–H groups in total. The van der Waals surface area contributed by atoms with E-state index >= 15 is 0 Å². The van der Waals surface area contributed by atoms with Crippen LogP contribution in [0.5, 0.6) is 0 Å². The SMILES string of the molecule is CC(C)NCCC(C(N)=O)(c1ccccc1)c1ccccn1.O=P(O)(O)O. The number of hydrogen-bond donors (Lipinski definition) is 5. The van der Waals surface area contributed by atoms with Crippen molar-refractivity contribution in [2.24, 2.45) is 5.73 Å². The van der Waals surface area contributed by atoms with Crippen LogP contribution in [-0.4, -0.2) is 38.2 Å². The average Bonchev–Trinajstić information content (AvgIpc) is 2.58. The van der Waals surface area contributed by atoms with Gasteiger partial charge in [-0.2, -0.15) is 0 Å². The zero-order valence-electron chi connectivity index (χ0n) is 15.3. The van der Waals surface area contributed by atoms with Crippen molar-refractivity contribution in [3.05, 3.63) is 66.0 Å². The van der Waals surface area contributed by atoms with Gasteiger partial charge in [-0.1, -0.05) is 50.2 Å². The first-order valence-electron chi connectivity index (χ1n) is 8.36. The number of primary amides is 1. The average molecular weight is 395 g/mol. The van der Waals surface area contributed by atoms with E-state index in [2.05, 4.69) is 24.1 Å². The van der Waals surface area contributed by atoms with Crippen LogP contribution in [0.1, 0.15) is 31.5 Å². The third-order valence-corrected chi connectivity index (χ3v) is 3.84. The van der Waals surface area contributed by atoms with Crippen molar-refractivity contribution in [3.8, 4) is 0 Å². The van der Waals surface area contributed by atoms with E-state index in [4.69, 9.17) is 25.0 Å². The highest BCUT2D eigenvalue weighted by molar-refractivity contribution is 7.45. The molecule has 0 bridgehead atoms. The lowest BCUT2D eigenvalue weighted by molar-refractivity contribution is -0.122. The number of benzene rings is 1. The Morgan fingerprint density at radius 3 is 2.15 bits per heavy atom. The summed E-state index contributed by atoms with van der Waals surface area (Å²) in [5.74, 6) is -0.372. The summed E-state index contributed by atoms with van der Waals surface area (Å²) in [6, 6.07) is 15.6. The Labute approximate surface area is 158 Å². The number of phosphoric acid groups is 1. The molecule has 2 aromatic rings. The maximum atomic E-state index is 12.5. The van der Waals surface area contributed by atoms with Crippen LogP contribution in [0.3, 0.4) is 0 Å². The largest absolute Gasteiger partial charge is 0.466 e. The standard InChI is InChI=1S/C18H23N3O.H3O4P/c1-14(2)20-13-11-18(17(19)22,15-8-4-3-5-9-15)16-10-6-7-12-21-16;1-5(2,3)4/h3-10,12,14,20H,11,13H2,1-2H3,(H2,19,22);(H3,1,2,3,4). The van der Waals surface area contributed by atoms with Crippen LogP contribution in [0.2, 0.25) is 0 Å². The molecule has 0 spiro atoms. The molecule has 0 radical (unpaired) electrons. The second kappa shape index (κ2) is 10.3. The lowest BCUT2D eigenvalue weighted by atomic mass is 9.73. The van der Waals surface area contributed by atoms with Gasteiger partial charge in [0.2, 0.25) is 5.91 Å². The van der Waals surface area contributed by atoms with Crippen molar-refractivity contribution >= 4 is 13.7 Å². The van der Waals surface area contributed by atoms with Gasteiger partial charge in [0.15, 0.2) is 0 Å². The maximum absolute atomic E-state index is 12.5. The van der Waals surface area contributed by atoms with E-state index in [1.165, 1.54) is 0 Å². The van der Waals surface area contributed by atoms with Crippen molar-refractivity contribution in [1.29, 1.82) is 0 Å². The number of pyridine rings is 1. The molecule has 0 aliphatic rings. The number of rotatable bonds is 7. The lowest BCUT2D eigenvalue weighted by Crippen LogP contribution is -2.45. The molecule has 27 heavy (non-hydrogen) atoms. The minimum absolute atomic E-state index is 0.352. The van der Waals surface area contributed by atoms with Gasteiger partial charge in [-0.15, -0.1) is 0 Å². The summed E-state index contributed by atoms with van der Waals surface area (Å²) < 4.78 is 8.88. The second-order valence-electron chi connectivity index (χ2n) is 6.22. The Balaban J connectivity index is 0.000000646. The Bertz CT molecular complexity index is 702. The van der Waals surface area contributed by atoms with Gasteiger partial charge in [0.25, 0.3) is 0 Å². The molecule has 1 unspecified atom stereocenters. The molecule has 1 atom stereocenters. The van der Waals surface area contributed by atoms with Gasteiger partial charge in [-0.05, 0) is 30.7 Å². The normalized spacial score (nSPS) is 13.4. The smallest absolute Gasteiger partial charge is 0.369 e. The van der Waals surface area contributed by atoms with Crippen LogP contribution in [0.4, 0.5) is 0 Å². The molecule has 2 rings (SSSR count). The van der Waals surface area contributed by atoms with Gasteiger partial charge in [0.1, 0.15) is 5.41 Å². The zero-order chi connectivity index (χ0) is 20.5. The highest BCUT2D eigenvalue weighted by atomic mass is 31.2. The van der Waals surface area contributed by atoms with Gasteiger partial charge in [0.05, 0.1) is 5.69 Å². The number of nitrogens with two attached hydrogens (primary N) is 1. The first-order valence-corrected chi connectivity index (χ1v) is 9.92. The molecule has 0 fully saturated rings. The fourth-order valence-corrected chi connectivity index (χ4v) is 2.70. The van der Waals surface area contributed by atoms with E-state index in [0.717, 1.165) is 5.56 Å². The minimum Gasteiger partial charge on any atom is -0.369 e. The van der Waals surface area contributed by atoms with E-state index in [0.29, 0.717) is 24.7 Å².